The largest absolute Gasteiger partial charge is 0.741 e. The second kappa shape index (κ2) is 15.7. The molecule has 0 bridgehead atoms. The van der Waals surface area contributed by atoms with Gasteiger partial charge in [0, 0.05) is 10.5 Å². The Morgan fingerprint density at radius 1 is 0.776 bits per heavy atom. The van der Waals surface area contributed by atoms with Crippen molar-refractivity contribution in [2.45, 2.75) is 17.7 Å². The molecule has 0 radical (unpaired) electrons. The molecule has 0 saturated carbocycles. The third kappa shape index (κ3) is 9.81. The minimum absolute atomic E-state index is 0.112. The average molecular weight is 727 g/mol. The second-order valence-electron chi connectivity index (χ2n) is 10.6. The molecule has 4 aromatic rings. The van der Waals surface area contributed by atoms with Crippen molar-refractivity contribution in [3.63, 3.8) is 0 Å². The summed E-state index contributed by atoms with van der Waals surface area (Å²) >= 11 is 0. The van der Waals surface area contributed by atoms with Crippen molar-refractivity contribution in [3.8, 4) is 4.90 Å². The molecule has 262 valence electrons. The van der Waals surface area contributed by atoms with E-state index in [1.807, 2.05) is 36.4 Å². The lowest BCUT2D eigenvalue weighted by Crippen LogP contribution is -2.21. The average Bonchev–Trinajstić information content (AvgIpc) is 4.01. The Kier molecular flexibility index (Phi) is 11.6. The third-order valence-electron chi connectivity index (χ3n) is 6.97. The van der Waals surface area contributed by atoms with Crippen molar-refractivity contribution in [1.29, 1.82) is 0 Å². The molecule has 3 atom stereocenters. The number of benzene rings is 3. The van der Waals surface area contributed by atoms with Crippen LogP contribution in [0.2, 0.25) is 0 Å². The number of alkyl halides is 3. The van der Waals surface area contributed by atoms with Crippen LogP contribution in [0.5, 0.6) is 0 Å². The van der Waals surface area contributed by atoms with E-state index in [-0.39, 0.29) is 37.5 Å². The molecule has 2 aliphatic heterocycles. The Labute approximate surface area is 280 Å². The lowest BCUT2D eigenvalue weighted by Gasteiger charge is -2.08. The molecule has 17 heteroatoms. The van der Waals surface area contributed by atoms with Gasteiger partial charge in [0.2, 0.25) is 5.43 Å². The fourth-order valence-corrected chi connectivity index (χ4v) is 6.72. The first kappa shape index (κ1) is 36.3. The maximum Gasteiger partial charge on any atom is 0.485 e. The lowest BCUT2D eigenvalue weighted by atomic mass is 10.1. The molecule has 49 heavy (non-hydrogen) atoms. The summed E-state index contributed by atoms with van der Waals surface area (Å²) in [7, 11) is -6.71. The van der Waals surface area contributed by atoms with Crippen LogP contribution in [-0.2, 0) is 38.5 Å². The molecule has 1 aromatic heterocycles. The number of hydrogen-bond donors (Lipinski definition) is 0. The van der Waals surface area contributed by atoms with Gasteiger partial charge in [0.15, 0.2) is 24.4 Å². The zero-order chi connectivity index (χ0) is 35.2. The molecule has 3 unspecified atom stereocenters. The predicted molar refractivity (Wildman–Crippen MR) is 169 cm³/mol. The molecule has 0 aliphatic carbocycles. The summed E-state index contributed by atoms with van der Waals surface area (Å²) in [5, 5.41) is 1.05. The van der Waals surface area contributed by atoms with Crippen molar-refractivity contribution in [3.05, 3.63) is 88.1 Å². The molecule has 0 spiro atoms. The molecule has 12 nitrogen and oxygen atoms in total. The normalized spacial score (nSPS) is 17.3. The Hall–Kier alpha value is -3.97. The Morgan fingerprint density at radius 3 is 1.80 bits per heavy atom. The monoisotopic (exact) mass is 726 g/mol. The summed E-state index contributed by atoms with van der Waals surface area (Å²) in [4.78, 5) is 39.7. The molecule has 0 N–H and O–H groups in total. The highest BCUT2D eigenvalue weighted by Crippen LogP contribution is 2.43. The standard InChI is InChI=1S/C31H29O9S.CHF3O3S/c32-29-25-3-1-2-4-27(25)41(24-8-5-20(6-9-24)30(33)37-13-11-35-16-22-18-39-22)28-10-7-21(15-26(28)29)31(34)38-14-12-36-17-23-19-40-23;2-1(3,4)8(5,6)7/h1-10,15,22-23H,11-14,16-19H2;(H,5,6,7)/q+1;/p-1. The summed E-state index contributed by atoms with van der Waals surface area (Å²) in [5.41, 5.74) is -5.06. The van der Waals surface area contributed by atoms with Crippen LogP contribution in [0, 0.1) is 0 Å². The van der Waals surface area contributed by atoms with Gasteiger partial charge in [-0.05, 0) is 54.6 Å². The first-order valence-corrected chi connectivity index (χ1v) is 17.3. The van der Waals surface area contributed by atoms with Crippen LogP contribution in [0.15, 0.2) is 71.5 Å². The Morgan fingerprint density at radius 2 is 1.27 bits per heavy atom. The number of esters is 2. The summed E-state index contributed by atoms with van der Waals surface area (Å²) in [6.07, 6.45) is 0.319. The SMILES string of the molecule is O=C(OCCOCC1CO1)c1ccc(-[s+]2c3ccccc3c(=O)c3cc(C(=O)OCCOCC4CO4)ccc32)cc1.O=S(=O)([O-])C(F)(F)F. The molecule has 2 saturated heterocycles. The molecule has 3 aromatic carbocycles. The Balaban J connectivity index is 0.000000523. The van der Waals surface area contributed by atoms with Crippen LogP contribution in [0.3, 0.4) is 0 Å². The van der Waals surface area contributed by atoms with Gasteiger partial charge in [0.1, 0.15) is 25.4 Å². The molecule has 0 amide bonds. The quantitative estimate of drug-likeness (QED) is 0.0365. The maximum atomic E-state index is 13.5. The molecule has 2 aliphatic rings. The highest BCUT2D eigenvalue weighted by atomic mass is 32.2. The van der Waals surface area contributed by atoms with E-state index in [1.54, 1.807) is 30.3 Å². The number of rotatable bonds is 13. The lowest BCUT2D eigenvalue weighted by molar-refractivity contribution is -0.0518. The highest BCUT2D eigenvalue weighted by molar-refractivity contribution is 7.86. The maximum absolute atomic E-state index is 13.5. The van der Waals surface area contributed by atoms with Crippen LogP contribution in [0.4, 0.5) is 13.2 Å². The van der Waals surface area contributed by atoms with Gasteiger partial charge in [0.25, 0.3) is 0 Å². The minimum Gasteiger partial charge on any atom is -0.741 e. The zero-order valence-electron chi connectivity index (χ0n) is 25.5. The molecule has 3 heterocycles. The van der Waals surface area contributed by atoms with E-state index in [0.29, 0.717) is 48.3 Å². The zero-order valence-corrected chi connectivity index (χ0v) is 27.1. The molecular formula is C32H29F3O12S2. The van der Waals surface area contributed by atoms with Crippen molar-refractivity contribution in [2.75, 3.05) is 52.9 Å². The van der Waals surface area contributed by atoms with Crippen molar-refractivity contribution >= 4 is 52.7 Å². The number of carbonyl (C=O) groups excluding carboxylic acids is 2. The number of fused-ring (bicyclic) bond motifs is 2. The number of halogens is 3. The smallest absolute Gasteiger partial charge is 0.485 e. The summed E-state index contributed by atoms with van der Waals surface area (Å²) < 4.78 is 92.3. The van der Waals surface area contributed by atoms with Crippen molar-refractivity contribution in [1.82, 2.24) is 0 Å². The van der Waals surface area contributed by atoms with Gasteiger partial charge in [-0.2, -0.15) is 13.2 Å². The summed E-state index contributed by atoms with van der Waals surface area (Å²) in [6.45, 7) is 3.28. The van der Waals surface area contributed by atoms with E-state index in [4.69, 9.17) is 41.4 Å². The van der Waals surface area contributed by atoms with Crippen LogP contribution in [0.1, 0.15) is 20.7 Å². The molecule has 6 rings (SSSR count). The van der Waals surface area contributed by atoms with E-state index < -0.39 is 38.0 Å². The van der Waals surface area contributed by atoms with E-state index in [9.17, 15) is 27.6 Å². The highest BCUT2D eigenvalue weighted by Gasteiger charge is 2.37. The Bertz CT molecular complexity index is 1970. The van der Waals surface area contributed by atoms with Gasteiger partial charge < -0.3 is 33.0 Å². The van der Waals surface area contributed by atoms with Crippen LogP contribution >= 0.6 is 10.5 Å². The minimum atomic E-state index is -6.09. The number of epoxide rings is 2. The fraction of sp³-hybridized carbons (Fsp3) is 0.344. The third-order valence-corrected chi connectivity index (χ3v) is 9.88. The van der Waals surface area contributed by atoms with Crippen LogP contribution < -0.4 is 5.43 Å². The predicted octanol–water partition coefficient (Wildman–Crippen LogP) is 4.29. The number of carbonyl (C=O) groups is 2. The van der Waals surface area contributed by atoms with Gasteiger partial charge in [-0.25, -0.2) is 18.0 Å². The van der Waals surface area contributed by atoms with Gasteiger partial charge in [-0.15, -0.1) is 0 Å². The van der Waals surface area contributed by atoms with Gasteiger partial charge in [-0.1, -0.05) is 12.1 Å². The molecular weight excluding hydrogens is 697 g/mol. The first-order chi connectivity index (χ1) is 23.3. The topological polar surface area (TPSA) is 170 Å². The number of hydrogen-bond acceptors (Lipinski definition) is 12. The van der Waals surface area contributed by atoms with E-state index in [1.165, 1.54) is 0 Å². The van der Waals surface area contributed by atoms with Crippen LogP contribution in [-0.4, -0.2) is 95.5 Å². The van der Waals surface area contributed by atoms with E-state index in [0.717, 1.165) is 20.9 Å². The second-order valence-corrected chi connectivity index (χ2v) is 13.9. The van der Waals surface area contributed by atoms with Crippen molar-refractivity contribution < 1.29 is 64.2 Å². The van der Waals surface area contributed by atoms with Gasteiger partial charge in [-0.3, -0.25) is 4.79 Å². The van der Waals surface area contributed by atoms with Gasteiger partial charge >= 0.3 is 17.4 Å². The summed E-state index contributed by atoms with van der Waals surface area (Å²) in [6, 6.07) is 19.8. The number of ether oxygens (including phenoxy) is 6. The van der Waals surface area contributed by atoms with E-state index >= 15 is 0 Å². The fourth-order valence-electron chi connectivity index (χ4n) is 4.40. The van der Waals surface area contributed by atoms with Crippen LogP contribution in [0.25, 0.3) is 25.1 Å². The van der Waals surface area contributed by atoms with Gasteiger partial charge in [0.05, 0.1) is 61.5 Å². The summed E-state index contributed by atoms with van der Waals surface area (Å²) in [5.74, 6) is -0.944. The molecule has 2 fully saturated rings. The van der Waals surface area contributed by atoms with E-state index in [2.05, 4.69) is 0 Å². The van der Waals surface area contributed by atoms with Crippen molar-refractivity contribution in [2.24, 2.45) is 0 Å². The first-order valence-electron chi connectivity index (χ1n) is 14.7.